The highest BCUT2D eigenvalue weighted by atomic mass is 16.3. The van der Waals surface area contributed by atoms with Crippen LogP contribution in [0, 0.1) is 6.92 Å². The molecule has 108 valence electrons. The summed E-state index contributed by atoms with van der Waals surface area (Å²) in [5, 5.41) is 3.63. The average molecular weight is 271 g/mol. The molecule has 0 fully saturated rings. The molecule has 1 N–H and O–H groups in total. The Morgan fingerprint density at radius 3 is 2.65 bits per heavy atom. The van der Waals surface area contributed by atoms with Crippen molar-refractivity contribution in [3.63, 3.8) is 0 Å². The van der Waals surface area contributed by atoms with E-state index in [4.69, 9.17) is 4.42 Å². The number of benzene rings is 1. The highest BCUT2D eigenvalue weighted by Crippen LogP contribution is 2.22. The van der Waals surface area contributed by atoms with Crippen LogP contribution in [-0.2, 0) is 6.42 Å². The first-order valence-electron chi connectivity index (χ1n) is 7.62. The fourth-order valence-electron chi connectivity index (χ4n) is 2.51. The van der Waals surface area contributed by atoms with Crippen molar-refractivity contribution < 1.29 is 4.42 Å². The minimum atomic E-state index is 0.413. The van der Waals surface area contributed by atoms with E-state index in [1.165, 1.54) is 17.5 Å². The smallest absolute Gasteiger partial charge is 0.101 e. The highest BCUT2D eigenvalue weighted by molar-refractivity contribution is 5.17. The van der Waals surface area contributed by atoms with Crippen molar-refractivity contribution >= 4 is 0 Å². The van der Waals surface area contributed by atoms with Crippen LogP contribution in [0.5, 0.6) is 0 Å². The third-order valence-electron chi connectivity index (χ3n) is 3.60. The van der Waals surface area contributed by atoms with E-state index < -0.39 is 0 Å². The summed E-state index contributed by atoms with van der Waals surface area (Å²) in [7, 11) is 0. The molecule has 20 heavy (non-hydrogen) atoms. The summed E-state index contributed by atoms with van der Waals surface area (Å²) in [5.74, 6) is 0.992. The summed E-state index contributed by atoms with van der Waals surface area (Å²) >= 11 is 0. The molecule has 1 heterocycles. The van der Waals surface area contributed by atoms with Crippen molar-refractivity contribution in [1.82, 2.24) is 5.32 Å². The molecule has 0 saturated heterocycles. The van der Waals surface area contributed by atoms with Crippen LogP contribution in [0.4, 0.5) is 0 Å². The Morgan fingerprint density at radius 1 is 1.20 bits per heavy atom. The lowest BCUT2D eigenvalue weighted by atomic mass is 10.0. The van der Waals surface area contributed by atoms with Crippen LogP contribution in [0.1, 0.15) is 49.1 Å². The van der Waals surface area contributed by atoms with E-state index in [0.717, 1.165) is 31.6 Å². The standard InChI is InChI=1S/C18H25NO/c1-3-12-19-18(17-13-15(2)20-14-17)11-7-10-16-8-5-4-6-9-16/h4-6,8-9,13-14,18-19H,3,7,10-12H2,1-2H3. The van der Waals surface area contributed by atoms with Crippen LogP contribution in [0.15, 0.2) is 47.1 Å². The molecular weight excluding hydrogens is 246 g/mol. The molecule has 0 radical (unpaired) electrons. The third-order valence-corrected chi connectivity index (χ3v) is 3.60. The minimum Gasteiger partial charge on any atom is -0.469 e. The number of nitrogens with one attached hydrogen (secondary N) is 1. The van der Waals surface area contributed by atoms with E-state index in [-0.39, 0.29) is 0 Å². The Morgan fingerprint density at radius 2 is 2.00 bits per heavy atom. The van der Waals surface area contributed by atoms with Crippen molar-refractivity contribution in [2.45, 2.75) is 45.6 Å². The second-order valence-corrected chi connectivity index (χ2v) is 5.38. The molecule has 1 unspecified atom stereocenters. The van der Waals surface area contributed by atoms with Gasteiger partial charge in [0.1, 0.15) is 5.76 Å². The quantitative estimate of drug-likeness (QED) is 0.756. The van der Waals surface area contributed by atoms with E-state index in [2.05, 4.69) is 48.6 Å². The van der Waals surface area contributed by atoms with Gasteiger partial charge in [-0.2, -0.15) is 0 Å². The minimum absolute atomic E-state index is 0.413. The predicted molar refractivity (Wildman–Crippen MR) is 83.9 cm³/mol. The topological polar surface area (TPSA) is 25.2 Å². The van der Waals surface area contributed by atoms with E-state index in [1.807, 2.05) is 13.2 Å². The maximum absolute atomic E-state index is 5.45. The monoisotopic (exact) mass is 271 g/mol. The van der Waals surface area contributed by atoms with Gasteiger partial charge in [0.25, 0.3) is 0 Å². The van der Waals surface area contributed by atoms with Crippen molar-refractivity contribution in [1.29, 1.82) is 0 Å². The Bertz CT molecular complexity index is 489. The zero-order valence-corrected chi connectivity index (χ0v) is 12.6. The Balaban J connectivity index is 1.87. The second-order valence-electron chi connectivity index (χ2n) is 5.38. The van der Waals surface area contributed by atoms with Gasteiger partial charge in [0, 0.05) is 11.6 Å². The van der Waals surface area contributed by atoms with E-state index in [1.54, 1.807) is 0 Å². The maximum Gasteiger partial charge on any atom is 0.101 e. The third kappa shape index (κ3) is 4.53. The van der Waals surface area contributed by atoms with E-state index >= 15 is 0 Å². The van der Waals surface area contributed by atoms with Gasteiger partial charge in [-0.15, -0.1) is 0 Å². The second kappa shape index (κ2) is 7.91. The number of rotatable bonds is 8. The SMILES string of the molecule is CCCNC(CCCc1ccccc1)c1coc(C)c1. The van der Waals surface area contributed by atoms with Gasteiger partial charge in [-0.1, -0.05) is 37.3 Å². The lowest BCUT2D eigenvalue weighted by Crippen LogP contribution is -2.21. The molecule has 1 aromatic carbocycles. The van der Waals surface area contributed by atoms with E-state index in [9.17, 15) is 0 Å². The van der Waals surface area contributed by atoms with Gasteiger partial charge in [-0.05, 0) is 50.8 Å². The molecule has 0 saturated carbocycles. The van der Waals surface area contributed by atoms with Crippen LogP contribution < -0.4 is 5.32 Å². The molecule has 0 aliphatic carbocycles. The average Bonchev–Trinajstić information content (AvgIpc) is 2.90. The molecule has 0 amide bonds. The van der Waals surface area contributed by atoms with Crippen LogP contribution in [0.3, 0.4) is 0 Å². The summed E-state index contributed by atoms with van der Waals surface area (Å²) in [6.45, 7) is 5.26. The summed E-state index contributed by atoms with van der Waals surface area (Å²) in [6.07, 6.45) is 6.53. The maximum atomic E-state index is 5.45. The summed E-state index contributed by atoms with van der Waals surface area (Å²) < 4.78 is 5.45. The normalized spacial score (nSPS) is 12.5. The van der Waals surface area contributed by atoms with Gasteiger partial charge < -0.3 is 9.73 Å². The van der Waals surface area contributed by atoms with Crippen molar-refractivity contribution in [3.8, 4) is 0 Å². The van der Waals surface area contributed by atoms with Crippen molar-refractivity contribution in [2.24, 2.45) is 0 Å². The lowest BCUT2D eigenvalue weighted by Gasteiger charge is -2.17. The molecule has 2 heteroatoms. The number of hydrogen-bond acceptors (Lipinski definition) is 2. The molecule has 1 aromatic heterocycles. The molecule has 2 aromatic rings. The molecule has 0 aliphatic heterocycles. The number of aryl methyl sites for hydroxylation is 2. The van der Waals surface area contributed by atoms with Crippen molar-refractivity contribution in [3.05, 3.63) is 59.5 Å². The zero-order valence-electron chi connectivity index (χ0n) is 12.6. The first-order chi connectivity index (χ1) is 9.79. The fourth-order valence-corrected chi connectivity index (χ4v) is 2.51. The zero-order chi connectivity index (χ0) is 14.2. The molecule has 0 spiro atoms. The molecule has 2 rings (SSSR count). The van der Waals surface area contributed by atoms with Crippen LogP contribution in [-0.4, -0.2) is 6.54 Å². The first-order valence-corrected chi connectivity index (χ1v) is 7.62. The van der Waals surface area contributed by atoms with Crippen LogP contribution >= 0.6 is 0 Å². The lowest BCUT2D eigenvalue weighted by molar-refractivity contribution is 0.473. The Labute approximate surface area is 122 Å². The highest BCUT2D eigenvalue weighted by Gasteiger charge is 2.12. The van der Waals surface area contributed by atoms with Gasteiger partial charge in [-0.3, -0.25) is 0 Å². The molecule has 1 atom stereocenters. The predicted octanol–water partition coefficient (Wildman–Crippen LogP) is 4.65. The fraction of sp³-hybridized carbons (Fsp3) is 0.444. The number of furan rings is 1. The molecule has 2 nitrogen and oxygen atoms in total. The van der Waals surface area contributed by atoms with Gasteiger partial charge in [-0.25, -0.2) is 0 Å². The van der Waals surface area contributed by atoms with E-state index in [0.29, 0.717) is 6.04 Å². The largest absolute Gasteiger partial charge is 0.469 e. The summed E-state index contributed by atoms with van der Waals surface area (Å²) in [6, 6.07) is 13.3. The van der Waals surface area contributed by atoms with Crippen LogP contribution in [0.2, 0.25) is 0 Å². The van der Waals surface area contributed by atoms with Gasteiger partial charge >= 0.3 is 0 Å². The van der Waals surface area contributed by atoms with Gasteiger partial charge in [0.05, 0.1) is 6.26 Å². The van der Waals surface area contributed by atoms with Gasteiger partial charge in [0.2, 0.25) is 0 Å². The summed E-state index contributed by atoms with van der Waals surface area (Å²) in [5.41, 5.74) is 2.70. The Hall–Kier alpha value is -1.54. The van der Waals surface area contributed by atoms with Gasteiger partial charge in [0.15, 0.2) is 0 Å². The Kier molecular flexibility index (Phi) is 5.87. The summed E-state index contributed by atoms with van der Waals surface area (Å²) in [4.78, 5) is 0. The number of hydrogen-bond donors (Lipinski definition) is 1. The van der Waals surface area contributed by atoms with Crippen LogP contribution in [0.25, 0.3) is 0 Å². The van der Waals surface area contributed by atoms with Crippen molar-refractivity contribution in [2.75, 3.05) is 6.54 Å². The first kappa shape index (κ1) is 14.9. The molecule has 0 aliphatic rings. The molecule has 0 bridgehead atoms. The molecular formula is C18H25NO.